The first-order valence-electron chi connectivity index (χ1n) is 7.25. The van der Waals surface area contributed by atoms with Gasteiger partial charge in [-0.05, 0) is 18.1 Å². The third-order valence-corrected chi connectivity index (χ3v) is 3.75. The molecule has 0 fully saturated rings. The van der Waals surface area contributed by atoms with Gasteiger partial charge in [0.1, 0.15) is 0 Å². The summed E-state index contributed by atoms with van der Waals surface area (Å²) in [5, 5.41) is 3.11. The first kappa shape index (κ1) is 15.3. The van der Waals surface area contributed by atoms with E-state index in [2.05, 4.69) is 5.32 Å². The van der Waals surface area contributed by atoms with Crippen LogP contribution >= 0.6 is 0 Å². The standard InChI is InChI=1S/C18H22N2O/c1-13(14(2)19)18(21)20-17(15-9-5-3-6-10-15)16-11-7-4-8-12-16/h3-14,17H,19H2,1-2H3,(H,20,21). The molecule has 3 nitrogen and oxygen atoms in total. The summed E-state index contributed by atoms with van der Waals surface area (Å²) in [5.41, 5.74) is 7.96. The quantitative estimate of drug-likeness (QED) is 0.886. The highest BCUT2D eigenvalue weighted by Crippen LogP contribution is 2.22. The number of nitrogens with two attached hydrogens (primary N) is 1. The molecule has 0 radical (unpaired) electrons. The minimum Gasteiger partial charge on any atom is -0.345 e. The van der Waals surface area contributed by atoms with E-state index in [9.17, 15) is 4.79 Å². The number of rotatable bonds is 5. The van der Waals surface area contributed by atoms with Crippen molar-refractivity contribution >= 4 is 5.91 Å². The number of hydrogen-bond donors (Lipinski definition) is 2. The summed E-state index contributed by atoms with van der Waals surface area (Å²) < 4.78 is 0. The van der Waals surface area contributed by atoms with Gasteiger partial charge in [-0.25, -0.2) is 0 Å². The smallest absolute Gasteiger partial charge is 0.225 e. The van der Waals surface area contributed by atoms with Crippen LogP contribution in [0.4, 0.5) is 0 Å². The third kappa shape index (κ3) is 3.92. The van der Waals surface area contributed by atoms with E-state index < -0.39 is 0 Å². The molecule has 2 aromatic rings. The number of nitrogens with one attached hydrogen (secondary N) is 1. The van der Waals surface area contributed by atoms with Crippen molar-refractivity contribution in [2.75, 3.05) is 0 Å². The lowest BCUT2D eigenvalue weighted by atomic mass is 9.96. The van der Waals surface area contributed by atoms with Gasteiger partial charge in [0.15, 0.2) is 0 Å². The second-order valence-corrected chi connectivity index (χ2v) is 5.41. The Bertz CT molecular complexity index is 527. The maximum Gasteiger partial charge on any atom is 0.225 e. The molecule has 2 unspecified atom stereocenters. The SMILES string of the molecule is CC(N)C(C)C(=O)NC(c1ccccc1)c1ccccc1. The zero-order valence-corrected chi connectivity index (χ0v) is 12.5. The van der Waals surface area contributed by atoms with Crippen molar-refractivity contribution in [3.8, 4) is 0 Å². The Morgan fingerprint density at radius 1 is 0.905 bits per heavy atom. The predicted octanol–water partition coefficient (Wildman–Crippen LogP) is 2.88. The summed E-state index contributed by atoms with van der Waals surface area (Å²) in [4.78, 5) is 12.4. The molecule has 0 aliphatic heterocycles. The fourth-order valence-corrected chi connectivity index (χ4v) is 2.16. The molecule has 110 valence electrons. The summed E-state index contributed by atoms with van der Waals surface area (Å²) in [5.74, 6) is -0.248. The topological polar surface area (TPSA) is 55.1 Å². The van der Waals surface area contributed by atoms with Gasteiger partial charge in [-0.2, -0.15) is 0 Å². The predicted molar refractivity (Wildman–Crippen MR) is 85.7 cm³/mol. The second kappa shape index (κ2) is 7.04. The van der Waals surface area contributed by atoms with E-state index in [0.29, 0.717) is 0 Å². The van der Waals surface area contributed by atoms with Crippen LogP contribution in [0.3, 0.4) is 0 Å². The molecular weight excluding hydrogens is 260 g/mol. The molecule has 0 spiro atoms. The molecule has 3 N–H and O–H groups in total. The molecule has 0 aliphatic carbocycles. The number of carbonyl (C=O) groups is 1. The van der Waals surface area contributed by atoms with E-state index in [1.807, 2.05) is 74.5 Å². The highest BCUT2D eigenvalue weighted by atomic mass is 16.1. The van der Waals surface area contributed by atoms with Gasteiger partial charge in [0, 0.05) is 12.0 Å². The highest BCUT2D eigenvalue weighted by molar-refractivity contribution is 5.79. The lowest BCUT2D eigenvalue weighted by Crippen LogP contribution is -2.40. The molecule has 0 saturated heterocycles. The molecule has 0 bridgehead atoms. The van der Waals surface area contributed by atoms with E-state index in [-0.39, 0.29) is 23.9 Å². The average molecular weight is 282 g/mol. The average Bonchev–Trinajstić information content (AvgIpc) is 2.53. The van der Waals surface area contributed by atoms with Crippen LogP contribution in [0.5, 0.6) is 0 Å². The van der Waals surface area contributed by atoms with Crippen molar-refractivity contribution in [3.63, 3.8) is 0 Å². The van der Waals surface area contributed by atoms with Crippen LogP contribution in [0.15, 0.2) is 60.7 Å². The molecular formula is C18H22N2O. The van der Waals surface area contributed by atoms with Crippen LogP contribution in [0, 0.1) is 5.92 Å². The van der Waals surface area contributed by atoms with Crippen molar-refractivity contribution in [1.29, 1.82) is 0 Å². The van der Waals surface area contributed by atoms with E-state index >= 15 is 0 Å². The number of carbonyl (C=O) groups excluding carboxylic acids is 1. The third-order valence-electron chi connectivity index (χ3n) is 3.75. The molecule has 0 aliphatic rings. The molecule has 1 amide bonds. The van der Waals surface area contributed by atoms with Crippen molar-refractivity contribution in [3.05, 3.63) is 71.8 Å². The number of hydrogen-bond acceptors (Lipinski definition) is 2. The zero-order chi connectivity index (χ0) is 15.2. The van der Waals surface area contributed by atoms with Crippen molar-refractivity contribution in [1.82, 2.24) is 5.32 Å². The van der Waals surface area contributed by atoms with Crippen LogP contribution in [-0.2, 0) is 4.79 Å². The lowest BCUT2D eigenvalue weighted by Gasteiger charge is -2.23. The molecule has 2 atom stereocenters. The maximum atomic E-state index is 12.4. The Kier molecular flexibility index (Phi) is 5.12. The Hall–Kier alpha value is -2.13. The Morgan fingerprint density at radius 3 is 1.71 bits per heavy atom. The van der Waals surface area contributed by atoms with Gasteiger partial charge in [-0.3, -0.25) is 4.79 Å². The van der Waals surface area contributed by atoms with Crippen molar-refractivity contribution in [2.45, 2.75) is 25.9 Å². The van der Waals surface area contributed by atoms with E-state index in [0.717, 1.165) is 11.1 Å². The van der Waals surface area contributed by atoms with Gasteiger partial charge in [0.05, 0.1) is 6.04 Å². The Morgan fingerprint density at radius 2 is 1.33 bits per heavy atom. The minimum absolute atomic E-state index is 0.0253. The molecule has 0 saturated carbocycles. The summed E-state index contributed by atoms with van der Waals surface area (Å²) in [6.07, 6.45) is 0. The molecule has 0 heterocycles. The summed E-state index contributed by atoms with van der Waals surface area (Å²) in [7, 11) is 0. The van der Waals surface area contributed by atoms with Gasteiger partial charge < -0.3 is 11.1 Å². The number of amides is 1. The Labute approximate surface area is 126 Å². The Balaban J connectivity index is 2.28. The first-order chi connectivity index (χ1) is 10.1. The molecule has 2 rings (SSSR count). The fourth-order valence-electron chi connectivity index (χ4n) is 2.16. The number of benzene rings is 2. The van der Waals surface area contributed by atoms with Crippen LogP contribution in [0.2, 0.25) is 0 Å². The normalized spacial score (nSPS) is 13.7. The van der Waals surface area contributed by atoms with Gasteiger partial charge in [0.2, 0.25) is 5.91 Å². The van der Waals surface area contributed by atoms with Gasteiger partial charge in [0.25, 0.3) is 0 Å². The van der Waals surface area contributed by atoms with Crippen LogP contribution < -0.4 is 11.1 Å². The van der Waals surface area contributed by atoms with Crippen LogP contribution in [0.25, 0.3) is 0 Å². The van der Waals surface area contributed by atoms with E-state index in [1.165, 1.54) is 0 Å². The molecule has 0 aromatic heterocycles. The van der Waals surface area contributed by atoms with Crippen molar-refractivity contribution in [2.24, 2.45) is 11.7 Å². The summed E-state index contributed by atoms with van der Waals surface area (Å²) in [6.45, 7) is 3.71. The largest absolute Gasteiger partial charge is 0.345 e. The second-order valence-electron chi connectivity index (χ2n) is 5.41. The first-order valence-corrected chi connectivity index (χ1v) is 7.25. The van der Waals surface area contributed by atoms with Crippen LogP contribution in [0.1, 0.15) is 31.0 Å². The minimum atomic E-state index is -0.222. The summed E-state index contributed by atoms with van der Waals surface area (Å²) >= 11 is 0. The van der Waals surface area contributed by atoms with E-state index in [4.69, 9.17) is 5.73 Å². The monoisotopic (exact) mass is 282 g/mol. The molecule has 2 aromatic carbocycles. The maximum absolute atomic E-state index is 12.4. The summed E-state index contributed by atoms with van der Waals surface area (Å²) in [6, 6.07) is 19.6. The van der Waals surface area contributed by atoms with E-state index in [1.54, 1.807) is 0 Å². The van der Waals surface area contributed by atoms with Crippen molar-refractivity contribution < 1.29 is 4.79 Å². The zero-order valence-electron chi connectivity index (χ0n) is 12.5. The van der Waals surface area contributed by atoms with Gasteiger partial charge >= 0.3 is 0 Å². The van der Waals surface area contributed by atoms with Crippen LogP contribution in [-0.4, -0.2) is 11.9 Å². The molecule has 21 heavy (non-hydrogen) atoms. The fraction of sp³-hybridized carbons (Fsp3) is 0.278. The van der Waals surface area contributed by atoms with Gasteiger partial charge in [-0.15, -0.1) is 0 Å². The lowest BCUT2D eigenvalue weighted by molar-refractivity contribution is -0.125. The van der Waals surface area contributed by atoms with Gasteiger partial charge in [-0.1, -0.05) is 67.6 Å². The highest BCUT2D eigenvalue weighted by Gasteiger charge is 2.22. The molecule has 3 heteroatoms.